The summed E-state index contributed by atoms with van der Waals surface area (Å²) in [6.07, 6.45) is 5.40. The molecule has 2 fully saturated rings. The van der Waals surface area contributed by atoms with Crippen LogP contribution in [0.3, 0.4) is 0 Å². The molecular formula is C32H33N7O2S. The number of hydrogen-bond acceptors (Lipinski definition) is 9. The number of carbonyl (C=O) groups excluding carboxylic acids is 2. The Balaban J connectivity index is 1.09. The van der Waals surface area contributed by atoms with Crippen LogP contribution in [0.5, 0.6) is 0 Å². The number of amides is 2. The highest BCUT2D eigenvalue weighted by atomic mass is 32.2. The standard InChI is InChI=1S/C32H33N7O2S/c1-38(2)26-8-5-7-23(17-26)29-24(16-22-6-3-4-9-27(22)36-29)20-33-19-21-11-14-39(15-12-21)31-34-13-10-25(35-31)18-28-30(40)37-32(41)42-28/h3-10,13,16-18,21,33H,11-12,14-15,19-20H2,1-2H3,(H,37,40,41)/b28-18+. The predicted octanol–water partition coefficient (Wildman–Crippen LogP) is 5.09. The summed E-state index contributed by atoms with van der Waals surface area (Å²) >= 11 is 0.892. The van der Waals surface area contributed by atoms with Gasteiger partial charge in [0.05, 0.1) is 21.8 Å². The normalized spacial score (nSPS) is 16.8. The number of nitrogens with one attached hydrogen (secondary N) is 2. The van der Waals surface area contributed by atoms with Gasteiger partial charge in [0.15, 0.2) is 0 Å². The lowest BCUT2D eigenvalue weighted by molar-refractivity contribution is -0.115. The molecule has 2 aromatic heterocycles. The first-order chi connectivity index (χ1) is 20.4. The molecule has 9 nitrogen and oxygen atoms in total. The highest BCUT2D eigenvalue weighted by Gasteiger charge is 2.26. The highest BCUT2D eigenvalue weighted by Crippen LogP contribution is 2.29. The van der Waals surface area contributed by atoms with Crippen LogP contribution in [-0.2, 0) is 11.3 Å². The van der Waals surface area contributed by atoms with E-state index in [4.69, 9.17) is 4.98 Å². The maximum absolute atomic E-state index is 11.9. The molecule has 2 amide bonds. The topological polar surface area (TPSA) is 103 Å². The zero-order chi connectivity index (χ0) is 29.1. The Morgan fingerprint density at radius 1 is 1.05 bits per heavy atom. The Bertz CT molecular complexity index is 1660. The van der Waals surface area contributed by atoms with Crippen LogP contribution in [0, 0.1) is 5.92 Å². The molecule has 6 rings (SSSR count). The number of piperidine rings is 1. The van der Waals surface area contributed by atoms with Crippen molar-refractivity contribution in [1.29, 1.82) is 0 Å². The summed E-state index contributed by atoms with van der Waals surface area (Å²) in [6.45, 7) is 3.39. The number of para-hydroxylation sites is 1. The van der Waals surface area contributed by atoms with Crippen LogP contribution in [0.15, 0.2) is 71.8 Å². The number of carbonyl (C=O) groups is 2. The second-order valence-corrected chi connectivity index (χ2v) is 11.8. The zero-order valence-corrected chi connectivity index (χ0v) is 24.5. The molecule has 0 radical (unpaired) electrons. The van der Waals surface area contributed by atoms with Gasteiger partial charge in [0.25, 0.3) is 11.1 Å². The van der Waals surface area contributed by atoms with Crippen LogP contribution in [0.25, 0.3) is 28.2 Å². The van der Waals surface area contributed by atoms with E-state index in [0.29, 0.717) is 22.5 Å². The number of benzene rings is 2. The molecule has 2 aromatic carbocycles. The molecule has 2 saturated heterocycles. The molecule has 10 heteroatoms. The van der Waals surface area contributed by atoms with E-state index in [2.05, 4.69) is 93.0 Å². The van der Waals surface area contributed by atoms with Crippen LogP contribution < -0.4 is 20.4 Å². The molecule has 4 aromatic rings. The number of rotatable bonds is 8. The van der Waals surface area contributed by atoms with Crippen molar-refractivity contribution in [3.8, 4) is 11.3 Å². The van der Waals surface area contributed by atoms with Crippen molar-refractivity contribution in [3.05, 3.63) is 83.0 Å². The van der Waals surface area contributed by atoms with E-state index in [1.54, 1.807) is 18.3 Å². The van der Waals surface area contributed by atoms with Crippen molar-refractivity contribution >= 4 is 51.5 Å². The molecule has 0 unspecified atom stereocenters. The molecule has 0 atom stereocenters. The van der Waals surface area contributed by atoms with Gasteiger partial charge in [-0.2, -0.15) is 0 Å². The Labute approximate surface area is 249 Å². The van der Waals surface area contributed by atoms with Crippen LogP contribution in [-0.4, -0.2) is 59.8 Å². The maximum atomic E-state index is 11.9. The van der Waals surface area contributed by atoms with Crippen molar-refractivity contribution in [2.45, 2.75) is 19.4 Å². The van der Waals surface area contributed by atoms with Crippen molar-refractivity contribution in [2.75, 3.05) is 43.5 Å². The van der Waals surface area contributed by atoms with Crippen LogP contribution in [0.1, 0.15) is 24.1 Å². The summed E-state index contributed by atoms with van der Waals surface area (Å²) in [4.78, 5) is 42.2. The van der Waals surface area contributed by atoms with Gasteiger partial charge in [-0.25, -0.2) is 15.0 Å². The third kappa shape index (κ3) is 6.29. The molecule has 214 valence electrons. The van der Waals surface area contributed by atoms with Gasteiger partial charge in [0.2, 0.25) is 5.95 Å². The number of pyridine rings is 1. The van der Waals surface area contributed by atoms with E-state index in [9.17, 15) is 9.59 Å². The first kappa shape index (κ1) is 27.9. The maximum Gasteiger partial charge on any atom is 0.290 e. The average molecular weight is 580 g/mol. The van der Waals surface area contributed by atoms with E-state index in [-0.39, 0.29) is 11.1 Å². The van der Waals surface area contributed by atoms with Crippen molar-refractivity contribution in [1.82, 2.24) is 25.6 Å². The minimum atomic E-state index is -0.382. The lowest BCUT2D eigenvalue weighted by Crippen LogP contribution is -2.38. The van der Waals surface area contributed by atoms with Crippen LogP contribution in [0.2, 0.25) is 0 Å². The van der Waals surface area contributed by atoms with E-state index < -0.39 is 0 Å². The van der Waals surface area contributed by atoms with E-state index in [1.807, 2.05) is 6.07 Å². The van der Waals surface area contributed by atoms with Gasteiger partial charge in [-0.05, 0) is 79.0 Å². The SMILES string of the molecule is CN(C)c1cccc(-c2nc3ccccc3cc2CNCC2CCN(c3nccc(/C=C4/SC(=O)NC4=O)n3)CC2)c1. The van der Waals surface area contributed by atoms with Gasteiger partial charge in [-0.1, -0.05) is 30.3 Å². The quantitative estimate of drug-likeness (QED) is 0.276. The van der Waals surface area contributed by atoms with Gasteiger partial charge in [-0.3, -0.25) is 14.9 Å². The minimum absolute atomic E-state index is 0.351. The first-order valence-electron chi connectivity index (χ1n) is 14.1. The van der Waals surface area contributed by atoms with Gasteiger partial charge in [0.1, 0.15) is 0 Å². The molecule has 0 aliphatic carbocycles. The monoisotopic (exact) mass is 579 g/mol. The molecule has 0 bridgehead atoms. The molecule has 0 saturated carbocycles. The molecular weight excluding hydrogens is 546 g/mol. The summed E-state index contributed by atoms with van der Waals surface area (Å²) in [6, 6.07) is 20.8. The fraction of sp³-hybridized carbons (Fsp3) is 0.281. The van der Waals surface area contributed by atoms with Gasteiger partial charge < -0.3 is 15.1 Å². The third-order valence-corrected chi connectivity index (χ3v) is 8.48. The lowest BCUT2D eigenvalue weighted by atomic mass is 9.96. The predicted molar refractivity (Wildman–Crippen MR) is 169 cm³/mol. The van der Waals surface area contributed by atoms with Crippen LogP contribution >= 0.6 is 11.8 Å². The summed E-state index contributed by atoms with van der Waals surface area (Å²) in [5.74, 6) is 0.814. The van der Waals surface area contributed by atoms with Gasteiger partial charge >= 0.3 is 0 Å². The summed E-state index contributed by atoms with van der Waals surface area (Å²) in [7, 11) is 4.11. The Hall–Kier alpha value is -4.28. The van der Waals surface area contributed by atoms with E-state index in [1.165, 1.54) is 5.56 Å². The zero-order valence-electron chi connectivity index (χ0n) is 23.7. The molecule has 0 spiro atoms. The van der Waals surface area contributed by atoms with Crippen molar-refractivity contribution in [3.63, 3.8) is 0 Å². The molecule has 42 heavy (non-hydrogen) atoms. The number of nitrogens with zero attached hydrogens (tertiary/aromatic N) is 5. The minimum Gasteiger partial charge on any atom is -0.378 e. The summed E-state index contributed by atoms with van der Waals surface area (Å²) in [5, 5.41) is 6.78. The van der Waals surface area contributed by atoms with Crippen LogP contribution in [0.4, 0.5) is 16.4 Å². The number of aromatic nitrogens is 3. The Kier molecular flexibility index (Phi) is 8.16. The fourth-order valence-corrected chi connectivity index (χ4v) is 6.04. The average Bonchev–Trinajstić information content (AvgIpc) is 3.33. The highest BCUT2D eigenvalue weighted by molar-refractivity contribution is 8.18. The fourth-order valence-electron chi connectivity index (χ4n) is 5.37. The summed E-state index contributed by atoms with van der Waals surface area (Å²) in [5.41, 5.74) is 6.10. The smallest absolute Gasteiger partial charge is 0.290 e. The van der Waals surface area contributed by atoms with Gasteiger partial charge in [0, 0.05) is 56.6 Å². The Morgan fingerprint density at radius 3 is 2.67 bits per heavy atom. The van der Waals surface area contributed by atoms with E-state index >= 15 is 0 Å². The molecule has 4 heterocycles. The summed E-state index contributed by atoms with van der Waals surface area (Å²) < 4.78 is 0. The van der Waals surface area contributed by atoms with Crippen molar-refractivity contribution < 1.29 is 9.59 Å². The number of thioether (sulfide) groups is 1. The second kappa shape index (κ2) is 12.3. The lowest BCUT2D eigenvalue weighted by Gasteiger charge is -2.32. The number of fused-ring (bicyclic) bond motifs is 1. The van der Waals surface area contributed by atoms with Gasteiger partial charge in [-0.15, -0.1) is 0 Å². The van der Waals surface area contributed by atoms with E-state index in [0.717, 1.165) is 78.6 Å². The number of imide groups is 1. The molecule has 2 aliphatic heterocycles. The molecule has 2 aliphatic rings. The largest absolute Gasteiger partial charge is 0.378 e. The second-order valence-electron chi connectivity index (χ2n) is 10.8. The Morgan fingerprint density at radius 2 is 1.88 bits per heavy atom. The number of anilines is 2. The van der Waals surface area contributed by atoms with Crippen molar-refractivity contribution in [2.24, 2.45) is 5.92 Å². The number of hydrogen-bond donors (Lipinski definition) is 2. The molecule has 2 N–H and O–H groups in total. The first-order valence-corrected chi connectivity index (χ1v) is 14.9. The third-order valence-electron chi connectivity index (χ3n) is 7.67.